The molecule has 1 heterocycles. The minimum absolute atomic E-state index is 0.109. The van der Waals surface area contributed by atoms with Gasteiger partial charge in [0.2, 0.25) is 0 Å². The minimum atomic E-state index is -0.821. The van der Waals surface area contributed by atoms with Gasteiger partial charge in [-0.3, -0.25) is 9.59 Å². The van der Waals surface area contributed by atoms with E-state index in [9.17, 15) is 9.59 Å². The predicted octanol–water partition coefficient (Wildman–Crippen LogP) is 2.92. The first-order valence-electron chi connectivity index (χ1n) is 7.08. The Morgan fingerprint density at radius 1 is 1.43 bits per heavy atom. The first kappa shape index (κ1) is 17.4. The van der Waals surface area contributed by atoms with Gasteiger partial charge in [-0.2, -0.15) is 0 Å². The van der Waals surface area contributed by atoms with E-state index in [1.54, 1.807) is 6.07 Å². The quantitative estimate of drug-likeness (QED) is 0.723. The molecule has 0 aliphatic rings. The molecule has 0 aliphatic carbocycles. The largest absolute Gasteiger partial charge is 0.481 e. The third kappa shape index (κ3) is 6.58. The summed E-state index contributed by atoms with van der Waals surface area (Å²) in [7, 11) is 0. The van der Waals surface area contributed by atoms with Crippen molar-refractivity contribution in [3.05, 3.63) is 28.5 Å². The number of carbonyl (C=O) groups is 2. The van der Waals surface area contributed by atoms with E-state index in [0.717, 1.165) is 18.5 Å². The highest BCUT2D eigenvalue weighted by atomic mass is 35.5. The molecule has 1 amide bonds. The summed E-state index contributed by atoms with van der Waals surface area (Å²) < 4.78 is 0. The van der Waals surface area contributed by atoms with E-state index < -0.39 is 5.97 Å². The molecule has 0 aromatic carbocycles. The summed E-state index contributed by atoms with van der Waals surface area (Å²) in [6.07, 6.45) is 2.35. The van der Waals surface area contributed by atoms with Crippen molar-refractivity contribution < 1.29 is 14.7 Å². The number of nitrogens with one attached hydrogen (secondary N) is 1. The van der Waals surface area contributed by atoms with Crippen molar-refractivity contribution in [1.29, 1.82) is 0 Å². The monoisotopic (exact) mass is 312 g/mol. The van der Waals surface area contributed by atoms with Gasteiger partial charge in [0.25, 0.3) is 5.91 Å². The fourth-order valence-electron chi connectivity index (χ4n) is 1.91. The number of rotatable bonds is 8. The van der Waals surface area contributed by atoms with Gasteiger partial charge in [0.1, 0.15) is 5.15 Å². The lowest BCUT2D eigenvalue weighted by Crippen LogP contribution is -2.28. The number of pyridine rings is 1. The van der Waals surface area contributed by atoms with E-state index in [1.807, 2.05) is 13.8 Å². The number of aliphatic carboxylic acids is 1. The van der Waals surface area contributed by atoms with E-state index in [4.69, 9.17) is 16.7 Å². The van der Waals surface area contributed by atoms with Gasteiger partial charge in [-0.05, 0) is 30.9 Å². The van der Waals surface area contributed by atoms with Crippen LogP contribution in [0.3, 0.4) is 0 Å². The summed E-state index contributed by atoms with van der Waals surface area (Å²) in [5.41, 5.74) is 1.29. The van der Waals surface area contributed by atoms with Gasteiger partial charge in [-0.1, -0.05) is 31.9 Å². The summed E-state index contributed by atoms with van der Waals surface area (Å²) in [5.74, 6) is -0.922. The second-order valence-corrected chi connectivity index (χ2v) is 5.55. The van der Waals surface area contributed by atoms with Crippen LogP contribution in [0.2, 0.25) is 5.15 Å². The van der Waals surface area contributed by atoms with Crippen LogP contribution in [0.5, 0.6) is 0 Å². The van der Waals surface area contributed by atoms with Crippen LogP contribution in [0.15, 0.2) is 12.1 Å². The highest BCUT2D eigenvalue weighted by molar-refractivity contribution is 6.29. The maximum Gasteiger partial charge on any atom is 0.303 e. The van der Waals surface area contributed by atoms with Crippen molar-refractivity contribution in [3.63, 3.8) is 0 Å². The lowest BCUT2D eigenvalue weighted by molar-refractivity contribution is -0.137. The molecule has 0 radical (unpaired) electrons. The summed E-state index contributed by atoms with van der Waals surface area (Å²) in [4.78, 5) is 26.7. The molecule has 0 spiro atoms. The van der Waals surface area contributed by atoms with Gasteiger partial charge in [-0.15, -0.1) is 0 Å². The van der Waals surface area contributed by atoms with Crippen molar-refractivity contribution in [2.45, 2.75) is 39.5 Å². The van der Waals surface area contributed by atoms with Gasteiger partial charge in [0, 0.05) is 24.2 Å². The molecule has 0 fully saturated rings. The van der Waals surface area contributed by atoms with Crippen LogP contribution in [0.1, 0.15) is 49.2 Å². The molecule has 5 nitrogen and oxygen atoms in total. The standard InChI is InChI=1S/C15H21ClN2O3/c1-3-4-12-7-11(8-13(16)18-12)15(21)17-9-10(2)5-6-14(19)20/h7-8,10H,3-6,9H2,1-2H3,(H,17,21)(H,19,20). The maximum absolute atomic E-state index is 12.1. The topological polar surface area (TPSA) is 79.3 Å². The number of hydrogen-bond donors (Lipinski definition) is 2. The average molecular weight is 313 g/mol. The number of aromatic nitrogens is 1. The van der Waals surface area contributed by atoms with Crippen LogP contribution >= 0.6 is 11.6 Å². The van der Waals surface area contributed by atoms with Crippen LogP contribution in [-0.2, 0) is 11.2 Å². The Labute approximate surface area is 129 Å². The highest BCUT2D eigenvalue weighted by Gasteiger charge is 2.11. The molecule has 1 aromatic rings. The van der Waals surface area contributed by atoms with Crippen LogP contribution in [0.4, 0.5) is 0 Å². The molecule has 0 saturated heterocycles. The van der Waals surface area contributed by atoms with Crippen molar-refractivity contribution >= 4 is 23.5 Å². The molecule has 21 heavy (non-hydrogen) atoms. The van der Waals surface area contributed by atoms with E-state index in [1.165, 1.54) is 6.07 Å². The Bertz CT molecular complexity index is 506. The molecule has 0 aliphatic heterocycles. The third-order valence-electron chi connectivity index (χ3n) is 3.08. The lowest BCUT2D eigenvalue weighted by atomic mass is 10.1. The zero-order valence-electron chi connectivity index (χ0n) is 12.4. The van der Waals surface area contributed by atoms with Crippen molar-refractivity contribution in [2.24, 2.45) is 5.92 Å². The number of aryl methyl sites for hydroxylation is 1. The maximum atomic E-state index is 12.1. The molecule has 1 atom stereocenters. The van der Waals surface area contributed by atoms with Crippen LogP contribution in [0, 0.1) is 5.92 Å². The van der Waals surface area contributed by atoms with E-state index in [0.29, 0.717) is 23.7 Å². The molecule has 116 valence electrons. The van der Waals surface area contributed by atoms with Gasteiger partial charge in [0.05, 0.1) is 0 Å². The SMILES string of the molecule is CCCc1cc(C(=O)NCC(C)CCC(=O)O)cc(Cl)n1. The summed E-state index contributed by atoms with van der Waals surface area (Å²) in [6.45, 7) is 4.38. The Hall–Kier alpha value is -1.62. The Morgan fingerprint density at radius 2 is 2.14 bits per heavy atom. The highest BCUT2D eigenvalue weighted by Crippen LogP contribution is 2.13. The molecule has 0 saturated carbocycles. The number of nitrogens with zero attached hydrogens (tertiary/aromatic N) is 1. The second-order valence-electron chi connectivity index (χ2n) is 5.17. The van der Waals surface area contributed by atoms with E-state index in [2.05, 4.69) is 10.3 Å². The smallest absolute Gasteiger partial charge is 0.303 e. The Balaban J connectivity index is 2.57. The van der Waals surface area contributed by atoms with Crippen molar-refractivity contribution in [3.8, 4) is 0 Å². The minimum Gasteiger partial charge on any atom is -0.481 e. The third-order valence-corrected chi connectivity index (χ3v) is 3.27. The van der Waals surface area contributed by atoms with Crippen molar-refractivity contribution in [2.75, 3.05) is 6.54 Å². The zero-order chi connectivity index (χ0) is 15.8. The van der Waals surface area contributed by atoms with Gasteiger partial charge >= 0.3 is 5.97 Å². The van der Waals surface area contributed by atoms with E-state index >= 15 is 0 Å². The first-order chi connectivity index (χ1) is 9.92. The number of carboxylic acid groups (broad SMARTS) is 1. The molecule has 6 heteroatoms. The number of hydrogen-bond acceptors (Lipinski definition) is 3. The number of carboxylic acids is 1. The number of carbonyl (C=O) groups excluding carboxylic acids is 1. The summed E-state index contributed by atoms with van der Waals surface area (Å²) >= 11 is 5.92. The summed E-state index contributed by atoms with van der Waals surface area (Å²) in [5, 5.41) is 11.7. The van der Waals surface area contributed by atoms with Gasteiger partial charge < -0.3 is 10.4 Å². The molecular formula is C15H21ClN2O3. The molecule has 1 aromatic heterocycles. The Kier molecular flexibility index (Phi) is 7.15. The normalized spacial score (nSPS) is 12.0. The van der Waals surface area contributed by atoms with Crippen LogP contribution < -0.4 is 5.32 Å². The Morgan fingerprint density at radius 3 is 2.76 bits per heavy atom. The second kappa shape index (κ2) is 8.62. The van der Waals surface area contributed by atoms with Gasteiger partial charge in [0.15, 0.2) is 0 Å². The molecule has 1 unspecified atom stereocenters. The van der Waals surface area contributed by atoms with Crippen LogP contribution in [-0.4, -0.2) is 28.5 Å². The number of amides is 1. The van der Waals surface area contributed by atoms with Gasteiger partial charge in [-0.25, -0.2) is 4.98 Å². The van der Waals surface area contributed by atoms with E-state index in [-0.39, 0.29) is 18.2 Å². The molecular weight excluding hydrogens is 292 g/mol. The van der Waals surface area contributed by atoms with Crippen molar-refractivity contribution in [1.82, 2.24) is 10.3 Å². The zero-order valence-corrected chi connectivity index (χ0v) is 13.1. The molecule has 1 rings (SSSR count). The predicted molar refractivity (Wildman–Crippen MR) is 81.6 cm³/mol. The first-order valence-corrected chi connectivity index (χ1v) is 7.46. The lowest BCUT2D eigenvalue weighted by Gasteiger charge is -2.12. The average Bonchev–Trinajstić information content (AvgIpc) is 2.42. The molecule has 2 N–H and O–H groups in total. The van der Waals surface area contributed by atoms with Crippen LogP contribution in [0.25, 0.3) is 0 Å². The fourth-order valence-corrected chi connectivity index (χ4v) is 2.13. The molecule has 0 bridgehead atoms. The summed E-state index contributed by atoms with van der Waals surface area (Å²) in [6, 6.07) is 3.28. The fraction of sp³-hybridized carbons (Fsp3) is 0.533. The number of halogens is 1.